The summed E-state index contributed by atoms with van der Waals surface area (Å²) in [6, 6.07) is 0. The maximum absolute atomic E-state index is 11.2. The van der Waals surface area contributed by atoms with Crippen LogP contribution in [0.5, 0.6) is 0 Å². The summed E-state index contributed by atoms with van der Waals surface area (Å²) in [6.45, 7) is 8.68. The molecule has 0 radical (unpaired) electrons. The molecule has 0 aromatic heterocycles. The van der Waals surface area contributed by atoms with E-state index in [0.717, 1.165) is 25.7 Å². The van der Waals surface area contributed by atoms with Gasteiger partial charge in [0.25, 0.3) is 0 Å². The van der Waals surface area contributed by atoms with Gasteiger partial charge < -0.3 is 10.2 Å². The van der Waals surface area contributed by atoms with Gasteiger partial charge in [-0.25, -0.2) is 0 Å². The Balaban J connectivity index is 2.38. The summed E-state index contributed by atoms with van der Waals surface area (Å²) in [7, 11) is 0. The zero-order valence-corrected chi connectivity index (χ0v) is 12.7. The number of carboxylic acid groups (broad SMARTS) is 1. The number of carbonyl (C=O) groups is 1. The van der Waals surface area contributed by atoms with Crippen molar-refractivity contribution < 1.29 is 15.0 Å². The molecule has 2 fully saturated rings. The lowest BCUT2D eigenvalue weighted by molar-refractivity contribution is -0.178. The maximum atomic E-state index is 11.2. The van der Waals surface area contributed by atoms with E-state index >= 15 is 0 Å². The second-order valence-corrected chi connectivity index (χ2v) is 7.95. The molecule has 0 bridgehead atoms. The highest BCUT2D eigenvalue weighted by atomic mass is 16.4. The number of hydrogen-bond acceptors (Lipinski definition) is 2. The second-order valence-electron chi connectivity index (χ2n) is 7.95. The summed E-state index contributed by atoms with van der Waals surface area (Å²) in [5.41, 5.74) is -0.612. The highest BCUT2D eigenvalue weighted by Crippen LogP contribution is 2.62. The molecular formula is C16H28O3. The Kier molecular flexibility index (Phi) is 3.49. The van der Waals surface area contributed by atoms with Crippen LogP contribution in [0.4, 0.5) is 0 Å². The minimum Gasteiger partial charge on any atom is -0.481 e. The van der Waals surface area contributed by atoms with Gasteiger partial charge in [-0.15, -0.1) is 0 Å². The van der Waals surface area contributed by atoms with Crippen molar-refractivity contribution >= 4 is 5.97 Å². The van der Waals surface area contributed by atoms with E-state index < -0.39 is 11.6 Å². The second kappa shape index (κ2) is 4.47. The van der Waals surface area contributed by atoms with E-state index in [0.29, 0.717) is 5.92 Å². The Labute approximate surface area is 116 Å². The van der Waals surface area contributed by atoms with Crippen molar-refractivity contribution in [1.29, 1.82) is 0 Å². The van der Waals surface area contributed by atoms with E-state index in [2.05, 4.69) is 20.8 Å². The third kappa shape index (κ3) is 2.42. The van der Waals surface area contributed by atoms with Gasteiger partial charge in [0, 0.05) is 5.92 Å². The van der Waals surface area contributed by atoms with E-state index in [4.69, 9.17) is 0 Å². The van der Waals surface area contributed by atoms with Crippen LogP contribution in [0.25, 0.3) is 0 Å². The number of carboxylic acids is 1. The van der Waals surface area contributed by atoms with Crippen LogP contribution in [0.2, 0.25) is 0 Å². The lowest BCUT2D eigenvalue weighted by Gasteiger charge is -2.61. The smallest absolute Gasteiger partial charge is 0.303 e. The molecule has 0 heterocycles. The van der Waals surface area contributed by atoms with Crippen LogP contribution in [0, 0.1) is 22.7 Å². The first kappa shape index (κ1) is 14.8. The highest BCUT2D eigenvalue weighted by Gasteiger charge is 2.58. The van der Waals surface area contributed by atoms with Crippen molar-refractivity contribution in [3.63, 3.8) is 0 Å². The maximum Gasteiger partial charge on any atom is 0.303 e. The quantitative estimate of drug-likeness (QED) is 0.806. The van der Waals surface area contributed by atoms with Crippen LogP contribution in [0.15, 0.2) is 0 Å². The van der Waals surface area contributed by atoms with Gasteiger partial charge >= 0.3 is 5.97 Å². The lowest BCUT2D eigenvalue weighted by atomic mass is 9.45. The predicted molar refractivity (Wildman–Crippen MR) is 74.8 cm³/mol. The molecule has 0 aromatic rings. The van der Waals surface area contributed by atoms with E-state index in [1.54, 1.807) is 0 Å². The summed E-state index contributed by atoms with van der Waals surface area (Å²) in [4.78, 5) is 11.2. The third-order valence-electron chi connectivity index (χ3n) is 6.14. The molecule has 3 heteroatoms. The molecule has 0 spiro atoms. The SMILES string of the molecule is CC1(C)CCC[C@@]2(C)C1CC[C@@](C)(O)[C@@H]2CC(=O)O. The molecule has 3 nitrogen and oxygen atoms in total. The largest absolute Gasteiger partial charge is 0.481 e. The fraction of sp³-hybridized carbons (Fsp3) is 0.938. The van der Waals surface area contributed by atoms with Crippen LogP contribution in [-0.4, -0.2) is 21.8 Å². The first-order valence-electron chi connectivity index (χ1n) is 7.54. The summed E-state index contributed by atoms with van der Waals surface area (Å²) >= 11 is 0. The molecule has 2 saturated carbocycles. The van der Waals surface area contributed by atoms with Crippen molar-refractivity contribution in [2.75, 3.05) is 0 Å². The number of fused-ring (bicyclic) bond motifs is 1. The summed E-state index contributed by atoms with van der Waals surface area (Å²) in [5, 5.41) is 19.9. The first-order chi connectivity index (χ1) is 8.59. The first-order valence-corrected chi connectivity index (χ1v) is 7.54. The number of aliphatic carboxylic acids is 1. The summed E-state index contributed by atoms with van der Waals surface area (Å²) in [6.07, 6.45) is 5.26. The minimum atomic E-state index is -0.836. The van der Waals surface area contributed by atoms with Crippen LogP contribution in [0.1, 0.15) is 66.2 Å². The Morgan fingerprint density at radius 3 is 2.37 bits per heavy atom. The topological polar surface area (TPSA) is 57.5 Å². The number of rotatable bonds is 2. The van der Waals surface area contributed by atoms with Crippen molar-refractivity contribution in [2.24, 2.45) is 22.7 Å². The lowest BCUT2D eigenvalue weighted by Crippen LogP contribution is -2.58. The molecule has 4 atom stereocenters. The van der Waals surface area contributed by atoms with Crippen molar-refractivity contribution in [1.82, 2.24) is 0 Å². The van der Waals surface area contributed by atoms with Crippen molar-refractivity contribution in [3.8, 4) is 0 Å². The molecule has 0 aliphatic heterocycles. The van der Waals surface area contributed by atoms with E-state index in [9.17, 15) is 15.0 Å². The molecule has 2 aliphatic carbocycles. The van der Waals surface area contributed by atoms with Gasteiger partial charge in [0.1, 0.15) is 0 Å². The van der Waals surface area contributed by atoms with Gasteiger partial charge in [0.2, 0.25) is 0 Å². The van der Waals surface area contributed by atoms with Crippen LogP contribution in [-0.2, 0) is 4.79 Å². The Morgan fingerprint density at radius 1 is 1.16 bits per heavy atom. The average Bonchev–Trinajstić information content (AvgIpc) is 2.22. The van der Waals surface area contributed by atoms with Gasteiger partial charge in [-0.2, -0.15) is 0 Å². The van der Waals surface area contributed by atoms with Gasteiger partial charge in [0.15, 0.2) is 0 Å². The molecule has 110 valence electrons. The molecule has 0 aromatic carbocycles. The molecule has 2 rings (SSSR count). The Bertz CT molecular complexity index is 372. The predicted octanol–water partition coefficient (Wildman–Crippen LogP) is 3.45. The summed E-state index contributed by atoms with van der Waals surface area (Å²) < 4.78 is 0. The van der Waals surface area contributed by atoms with E-state index in [1.807, 2.05) is 6.92 Å². The monoisotopic (exact) mass is 268 g/mol. The fourth-order valence-electron chi connectivity index (χ4n) is 5.25. The molecular weight excluding hydrogens is 240 g/mol. The zero-order valence-electron chi connectivity index (χ0n) is 12.7. The zero-order chi connectivity index (χ0) is 14.5. The van der Waals surface area contributed by atoms with Gasteiger partial charge in [-0.3, -0.25) is 4.79 Å². The third-order valence-corrected chi connectivity index (χ3v) is 6.14. The molecule has 2 aliphatic rings. The van der Waals surface area contributed by atoms with Crippen LogP contribution >= 0.6 is 0 Å². The van der Waals surface area contributed by atoms with E-state index in [-0.39, 0.29) is 23.2 Å². The van der Waals surface area contributed by atoms with Gasteiger partial charge in [0.05, 0.1) is 12.0 Å². The Morgan fingerprint density at radius 2 is 1.79 bits per heavy atom. The van der Waals surface area contributed by atoms with Gasteiger partial charge in [-0.05, 0) is 49.4 Å². The molecule has 19 heavy (non-hydrogen) atoms. The number of hydrogen-bond donors (Lipinski definition) is 2. The molecule has 1 unspecified atom stereocenters. The Hall–Kier alpha value is -0.570. The van der Waals surface area contributed by atoms with E-state index in [1.165, 1.54) is 6.42 Å². The van der Waals surface area contributed by atoms with Crippen LogP contribution in [0.3, 0.4) is 0 Å². The molecule has 2 N–H and O–H groups in total. The highest BCUT2D eigenvalue weighted by molar-refractivity contribution is 5.67. The van der Waals surface area contributed by atoms with Gasteiger partial charge in [-0.1, -0.05) is 27.2 Å². The number of aliphatic hydroxyl groups is 1. The average molecular weight is 268 g/mol. The molecule has 0 amide bonds. The van der Waals surface area contributed by atoms with Crippen molar-refractivity contribution in [3.05, 3.63) is 0 Å². The fourth-order valence-corrected chi connectivity index (χ4v) is 5.25. The molecule has 0 saturated heterocycles. The summed E-state index contributed by atoms with van der Waals surface area (Å²) in [5.74, 6) is -0.385. The van der Waals surface area contributed by atoms with Crippen LogP contribution < -0.4 is 0 Å². The normalized spacial score (nSPS) is 45.5. The van der Waals surface area contributed by atoms with Crippen molar-refractivity contribution in [2.45, 2.75) is 71.8 Å². The minimum absolute atomic E-state index is 0.0398. The standard InChI is InChI=1S/C16H28O3/c1-14(2)7-5-8-15(3)11(14)6-9-16(4,19)12(15)10-13(17)18/h11-12,19H,5-10H2,1-4H3,(H,17,18)/t11?,12-,15+,16-/m1/s1.